The quantitative estimate of drug-likeness (QED) is 0.582. The number of nitrogens with zero attached hydrogens (tertiary/aromatic N) is 5. The zero-order valence-corrected chi connectivity index (χ0v) is 21.1. The monoisotopic (exact) mass is 499 g/mol. The molecule has 3 aliphatic heterocycles. The van der Waals surface area contributed by atoms with Gasteiger partial charge in [0, 0.05) is 64.2 Å². The summed E-state index contributed by atoms with van der Waals surface area (Å²) in [5.74, 6) is 0.0218. The van der Waals surface area contributed by atoms with Gasteiger partial charge in [-0.25, -0.2) is 9.67 Å². The van der Waals surface area contributed by atoms with Crippen LogP contribution in [0.3, 0.4) is 0 Å². The number of morpholine rings is 1. The first-order chi connectivity index (χ1) is 17.6. The highest BCUT2D eigenvalue weighted by Gasteiger charge is 2.28. The van der Waals surface area contributed by atoms with Crippen LogP contribution in [0.2, 0.25) is 0 Å². The highest BCUT2D eigenvalue weighted by molar-refractivity contribution is 6.06. The smallest absolute Gasteiger partial charge is 0.255 e. The molecule has 0 unspecified atom stereocenters. The van der Waals surface area contributed by atoms with E-state index in [-0.39, 0.29) is 23.9 Å². The molecule has 3 saturated heterocycles. The van der Waals surface area contributed by atoms with Gasteiger partial charge in [-0.15, -0.1) is 0 Å². The summed E-state index contributed by atoms with van der Waals surface area (Å²) in [6.45, 7) is 8.90. The highest BCUT2D eigenvalue weighted by atomic mass is 16.5. The molecule has 0 radical (unpaired) electrons. The molecule has 0 spiro atoms. The van der Waals surface area contributed by atoms with Gasteiger partial charge in [0.15, 0.2) is 5.65 Å². The average Bonchev–Trinajstić information content (AvgIpc) is 3.34. The van der Waals surface area contributed by atoms with Crippen LogP contribution in [0.4, 0.5) is 5.69 Å². The van der Waals surface area contributed by atoms with Gasteiger partial charge < -0.3 is 25.0 Å². The Morgan fingerprint density at radius 1 is 0.972 bits per heavy atom. The van der Waals surface area contributed by atoms with E-state index in [9.17, 15) is 9.59 Å². The average molecular weight is 500 g/mol. The normalized spacial score (nSPS) is 20.5. The second-order valence-electron chi connectivity index (χ2n) is 9.79. The van der Waals surface area contributed by atoms with Crippen molar-refractivity contribution in [2.24, 2.45) is 0 Å². The van der Waals surface area contributed by atoms with Crippen LogP contribution >= 0.6 is 0 Å². The van der Waals surface area contributed by atoms with Crippen LogP contribution in [-0.2, 0) is 20.8 Å². The van der Waals surface area contributed by atoms with Crippen molar-refractivity contribution < 1.29 is 19.1 Å². The second-order valence-corrected chi connectivity index (χ2v) is 9.79. The van der Waals surface area contributed by atoms with E-state index in [4.69, 9.17) is 9.47 Å². The topological polar surface area (TPSA) is 114 Å². The van der Waals surface area contributed by atoms with E-state index in [1.807, 2.05) is 16.5 Å². The minimum absolute atomic E-state index is 0.0231. The molecule has 5 heterocycles. The van der Waals surface area contributed by atoms with E-state index in [1.54, 1.807) is 12.4 Å². The van der Waals surface area contributed by atoms with Crippen molar-refractivity contribution in [2.45, 2.75) is 51.2 Å². The maximum absolute atomic E-state index is 13.4. The Bertz CT molecular complexity index is 1050. The Hall–Kier alpha value is -2.76. The fraction of sp³-hybridized carbons (Fsp3) is 0.680. The van der Waals surface area contributed by atoms with Gasteiger partial charge in [0.25, 0.3) is 5.91 Å². The lowest BCUT2D eigenvalue weighted by Crippen LogP contribution is -2.50. The lowest BCUT2D eigenvalue weighted by Gasteiger charge is -2.34. The summed E-state index contributed by atoms with van der Waals surface area (Å²) < 4.78 is 12.7. The summed E-state index contributed by atoms with van der Waals surface area (Å²) in [7, 11) is 0. The predicted octanol–water partition coefficient (Wildman–Crippen LogP) is 1.10. The first-order valence-corrected chi connectivity index (χ1v) is 13.2. The number of fused-ring (bicyclic) bond motifs is 1. The number of anilines is 1. The molecule has 2 aromatic rings. The van der Waals surface area contributed by atoms with Gasteiger partial charge in [-0.2, -0.15) is 5.10 Å². The Kier molecular flexibility index (Phi) is 7.98. The summed E-state index contributed by atoms with van der Waals surface area (Å²) in [6.07, 6.45) is 6.73. The number of ether oxygens (including phenoxy) is 2. The molecule has 0 atom stereocenters. The zero-order valence-electron chi connectivity index (χ0n) is 21.1. The molecule has 2 N–H and O–H groups in total. The summed E-state index contributed by atoms with van der Waals surface area (Å²) in [4.78, 5) is 34.8. The van der Waals surface area contributed by atoms with E-state index in [0.29, 0.717) is 58.2 Å². The van der Waals surface area contributed by atoms with Gasteiger partial charge in [0.2, 0.25) is 5.91 Å². The molecule has 5 rings (SSSR count). The Morgan fingerprint density at radius 2 is 1.69 bits per heavy atom. The SMILES string of the molecule is CCn1ncc2c(NC3CCOCC3)c(C(=O)NC3CCN(C(=O)CN4CCOCC4)CC3)cnc21. The number of piperidine rings is 1. The number of aromatic nitrogens is 3. The Morgan fingerprint density at radius 3 is 2.42 bits per heavy atom. The van der Waals surface area contributed by atoms with Crippen LogP contribution < -0.4 is 10.6 Å². The fourth-order valence-electron chi connectivity index (χ4n) is 5.22. The molecule has 0 aliphatic carbocycles. The number of hydrogen-bond acceptors (Lipinski definition) is 8. The van der Waals surface area contributed by atoms with Crippen LogP contribution in [0.1, 0.15) is 43.0 Å². The largest absolute Gasteiger partial charge is 0.381 e. The van der Waals surface area contributed by atoms with Crippen LogP contribution in [-0.4, -0.2) is 108 Å². The predicted molar refractivity (Wildman–Crippen MR) is 135 cm³/mol. The number of hydrogen-bond donors (Lipinski definition) is 2. The molecule has 11 heteroatoms. The fourth-order valence-corrected chi connectivity index (χ4v) is 5.22. The van der Waals surface area contributed by atoms with Gasteiger partial charge in [0.1, 0.15) is 0 Å². The molecule has 0 aromatic carbocycles. The van der Waals surface area contributed by atoms with Crippen molar-refractivity contribution in [3.05, 3.63) is 18.0 Å². The molecule has 2 aromatic heterocycles. The lowest BCUT2D eigenvalue weighted by molar-refractivity contribution is -0.134. The van der Waals surface area contributed by atoms with E-state index in [2.05, 4.69) is 25.6 Å². The van der Waals surface area contributed by atoms with E-state index in [1.165, 1.54) is 0 Å². The standard InChI is InChI=1S/C25H37N7O4/c1-2-32-24-20(16-27-32)23(28-19-5-11-35-12-6-19)21(15-26-24)25(34)29-18-3-7-31(8-4-18)22(33)17-30-9-13-36-14-10-30/h15-16,18-19H,2-14,17H2,1H3,(H,26,28)(H,29,34). The number of carbonyl (C=O) groups excluding carboxylic acids is 2. The summed E-state index contributed by atoms with van der Waals surface area (Å²) in [6, 6.07) is 0.261. The van der Waals surface area contributed by atoms with Crippen LogP contribution in [0.25, 0.3) is 11.0 Å². The van der Waals surface area contributed by atoms with Gasteiger partial charge in [-0.05, 0) is 32.6 Å². The van der Waals surface area contributed by atoms with Gasteiger partial charge in [0.05, 0.1) is 42.6 Å². The van der Waals surface area contributed by atoms with Crippen LogP contribution in [0.15, 0.2) is 12.4 Å². The van der Waals surface area contributed by atoms with Crippen molar-refractivity contribution in [3.63, 3.8) is 0 Å². The summed E-state index contributed by atoms with van der Waals surface area (Å²) in [5.41, 5.74) is 2.10. The Labute approximate surface area is 211 Å². The number of nitrogens with one attached hydrogen (secondary N) is 2. The van der Waals surface area contributed by atoms with E-state index in [0.717, 1.165) is 55.5 Å². The molecule has 0 bridgehead atoms. The number of likely N-dealkylation sites (tertiary alicyclic amines) is 1. The van der Waals surface area contributed by atoms with Crippen LogP contribution in [0, 0.1) is 0 Å². The van der Waals surface area contributed by atoms with E-state index < -0.39 is 0 Å². The van der Waals surface area contributed by atoms with Crippen LogP contribution in [0.5, 0.6) is 0 Å². The zero-order chi connectivity index (χ0) is 24.9. The van der Waals surface area contributed by atoms with Gasteiger partial charge in [-0.1, -0.05) is 0 Å². The van der Waals surface area contributed by atoms with Crippen molar-refractivity contribution in [2.75, 3.05) is 64.5 Å². The van der Waals surface area contributed by atoms with Crippen molar-refractivity contribution in [1.29, 1.82) is 0 Å². The number of carbonyl (C=O) groups is 2. The first kappa shape index (κ1) is 24.9. The molecule has 2 amide bonds. The highest BCUT2D eigenvalue weighted by Crippen LogP contribution is 2.28. The Balaban J connectivity index is 1.23. The maximum atomic E-state index is 13.4. The minimum Gasteiger partial charge on any atom is -0.381 e. The molecular formula is C25H37N7O4. The van der Waals surface area contributed by atoms with Crippen molar-refractivity contribution >= 4 is 28.5 Å². The van der Waals surface area contributed by atoms with Crippen molar-refractivity contribution in [1.82, 2.24) is 29.9 Å². The molecule has 36 heavy (non-hydrogen) atoms. The number of rotatable bonds is 7. The summed E-state index contributed by atoms with van der Waals surface area (Å²) in [5, 5.41) is 12.1. The molecular weight excluding hydrogens is 462 g/mol. The third-order valence-electron chi connectivity index (χ3n) is 7.43. The molecule has 0 saturated carbocycles. The first-order valence-electron chi connectivity index (χ1n) is 13.2. The van der Waals surface area contributed by atoms with Gasteiger partial charge >= 0.3 is 0 Å². The van der Waals surface area contributed by atoms with Crippen molar-refractivity contribution in [3.8, 4) is 0 Å². The molecule has 11 nitrogen and oxygen atoms in total. The number of aryl methyl sites for hydroxylation is 1. The maximum Gasteiger partial charge on any atom is 0.255 e. The van der Waals surface area contributed by atoms with E-state index >= 15 is 0 Å². The molecule has 3 fully saturated rings. The third-order valence-corrected chi connectivity index (χ3v) is 7.43. The molecule has 3 aliphatic rings. The number of amides is 2. The molecule has 196 valence electrons. The van der Waals surface area contributed by atoms with Gasteiger partial charge in [-0.3, -0.25) is 14.5 Å². The number of pyridine rings is 1. The lowest BCUT2D eigenvalue weighted by atomic mass is 10.0. The summed E-state index contributed by atoms with van der Waals surface area (Å²) >= 11 is 0. The minimum atomic E-state index is -0.138. The second kappa shape index (κ2) is 11.5. The third kappa shape index (κ3) is 5.63.